The van der Waals surface area contributed by atoms with Gasteiger partial charge in [-0.3, -0.25) is 4.99 Å². The van der Waals surface area contributed by atoms with Gasteiger partial charge < -0.3 is 20.9 Å². The van der Waals surface area contributed by atoms with Crippen molar-refractivity contribution in [1.82, 2.24) is 10.2 Å². The Bertz CT molecular complexity index is 519. The molecule has 5 nitrogen and oxygen atoms in total. The fourth-order valence-corrected chi connectivity index (χ4v) is 2.67. The zero-order chi connectivity index (χ0) is 16.9. The number of nitrogens with one attached hydrogen (secondary N) is 1. The second-order valence-corrected chi connectivity index (χ2v) is 7.30. The SMILES string of the molecule is CC(C)(C)NCCN=C(N)N1CCN(c2ccc(Cl)cc2)CC1.I. The lowest BCUT2D eigenvalue weighted by molar-refractivity contribution is 0.379. The molecule has 0 unspecified atom stereocenters. The Kier molecular flexibility index (Phi) is 8.59. The van der Waals surface area contributed by atoms with Crippen molar-refractivity contribution in [3.8, 4) is 0 Å². The molecule has 1 fully saturated rings. The summed E-state index contributed by atoms with van der Waals surface area (Å²) in [6, 6.07) is 7.99. The van der Waals surface area contributed by atoms with E-state index in [1.54, 1.807) is 0 Å². The topological polar surface area (TPSA) is 56.9 Å². The molecule has 1 aliphatic heterocycles. The van der Waals surface area contributed by atoms with Crippen LogP contribution in [-0.4, -0.2) is 55.7 Å². The quantitative estimate of drug-likeness (QED) is 0.311. The Hall–Kier alpha value is -0.730. The molecular formula is C17H29ClIN5. The van der Waals surface area contributed by atoms with Gasteiger partial charge in [0.2, 0.25) is 0 Å². The molecule has 24 heavy (non-hydrogen) atoms. The average molecular weight is 466 g/mol. The third-order valence-corrected chi connectivity index (χ3v) is 4.09. The van der Waals surface area contributed by atoms with Gasteiger partial charge in [-0.2, -0.15) is 0 Å². The Morgan fingerprint density at radius 1 is 1.17 bits per heavy atom. The minimum absolute atomic E-state index is 0. The van der Waals surface area contributed by atoms with Crippen LogP contribution < -0.4 is 16.0 Å². The van der Waals surface area contributed by atoms with Gasteiger partial charge in [-0.05, 0) is 45.0 Å². The van der Waals surface area contributed by atoms with Crippen LogP contribution in [0.2, 0.25) is 5.02 Å². The number of hydrogen-bond acceptors (Lipinski definition) is 3. The maximum Gasteiger partial charge on any atom is 0.191 e. The number of guanidine groups is 1. The van der Waals surface area contributed by atoms with E-state index in [2.05, 4.69) is 53.0 Å². The lowest BCUT2D eigenvalue weighted by Crippen LogP contribution is -2.51. The van der Waals surface area contributed by atoms with Gasteiger partial charge in [0.15, 0.2) is 5.96 Å². The lowest BCUT2D eigenvalue weighted by Gasteiger charge is -2.36. The number of aliphatic imine (C=N–C) groups is 1. The molecule has 1 saturated heterocycles. The van der Waals surface area contributed by atoms with Crippen LogP contribution in [0.25, 0.3) is 0 Å². The van der Waals surface area contributed by atoms with Crippen LogP contribution in [0.4, 0.5) is 5.69 Å². The number of halogens is 2. The Morgan fingerprint density at radius 3 is 2.29 bits per heavy atom. The first-order chi connectivity index (χ1) is 10.8. The van der Waals surface area contributed by atoms with E-state index < -0.39 is 0 Å². The van der Waals surface area contributed by atoms with Crippen molar-refractivity contribution in [2.45, 2.75) is 26.3 Å². The van der Waals surface area contributed by atoms with Crippen LogP contribution in [0.1, 0.15) is 20.8 Å². The van der Waals surface area contributed by atoms with Crippen LogP contribution in [0.15, 0.2) is 29.3 Å². The van der Waals surface area contributed by atoms with Crippen molar-refractivity contribution in [2.24, 2.45) is 10.7 Å². The lowest BCUT2D eigenvalue weighted by atomic mass is 10.1. The molecule has 2 rings (SSSR count). The smallest absolute Gasteiger partial charge is 0.191 e. The first-order valence-electron chi connectivity index (χ1n) is 8.15. The molecule has 136 valence electrons. The molecule has 0 amide bonds. The van der Waals surface area contributed by atoms with Gasteiger partial charge in [0, 0.05) is 49.0 Å². The van der Waals surface area contributed by atoms with E-state index in [9.17, 15) is 0 Å². The number of nitrogens with zero attached hydrogens (tertiary/aromatic N) is 3. The van der Waals surface area contributed by atoms with Gasteiger partial charge in [0.05, 0.1) is 6.54 Å². The first-order valence-corrected chi connectivity index (χ1v) is 8.53. The summed E-state index contributed by atoms with van der Waals surface area (Å²) in [5.41, 5.74) is 7.44. The standard InChI is InChI=1S/C17H28ClN5.HI/c1-17(2,3)21-9-8-20-16(19)23-12-10-22(11-13-23)15-6-4-14(18)5-7-15;/h4-7,21H,8-13H2,1-3H3,(H2,19,20);1H. The fraction of sp³-hybridized carbons (Fsp3) is 0.588. The van der Waals surface area contributed by atoms with E-state index >= 15 is 0 Å². The van der Waals surface area contributed by atoms with Gasteiger partial charge in [-0.1, -0.05) is 11.6 Å². The second-order valence-electron chi connectivity index (χ2n) is 6.87. The summed E-state index contributed by atoms with van der Waals surface area (Å²) >= 11 is 5.94. The third kappa shape index (κ3) is 7.03. The number of hydrogen-bond donors (Lipinski definition) is 2. The van der Waals surface area contributed by atoms with E-state index in [1.165, 1.54) is 5.69 Å². The minimum atomic E-state index is 0. The molecule has 0 aromatic heterocycles. The monoisotopic (exact) mass is 465 g/mol. The number of benzene rings is 1. The number of nitrogens with two attached hydrogens (primary N) is 1. The van der Waals surface area contributed by atoms with Crippen LogP contribution >= 0.6 is 35.6 Å². The van der Waals surface area contributed by atoms with Crippen LogP contribution in [0, 0.1) is 0 Å². The molecule has 1 aliphatic rings. The van der Waals surface area contributed by atoms with Gasteiger partial charge >= 0.3 is 0 Å². The van der Waals surface area contributed by atoms with Crippen molar-refractivity contribution >= 4 is 47.2 Å². The number of piperazine rings is 1. The summed E-state index contributed by atoms with van der Waals surface area (Å²) in [5, 5.41) is 4.18. The highest BCUT2D eigenvalue weighted by Crippen LogP contribution is 2.19. The summed E-state index contributed by atoms with van der Waals surface area (Å²) in [4.78, 5) is 8.99. The van der Waals surface area contributed by atoms with Crippen LogP contribution in [-0.2, 0) is 0 Å². The molecule has 0 atom stereocenters. The van der Waals surface area contributed by atoms with Crippen molar-refractivity contribution in [2.75, 3.05) is 44.2 Å². The zero-order valence-corrected chi connectivity index (χ0v) is 17.8. The van der Waals surface area contributed by atoms with Crippen molar-refractivity contribution < 1.29 is 0 Å². The van der Waals surface area contributed by atoms with E-state index in [0.29, 0.717) is 12.5 Å². The largest absolute Gasteiger partial charge is 0.370 e. The zero-order valence-electron chi connectivity index (χ0n) is 14.8. The molecule has 0 radical (unpaired) electrons. The Morgan fingerprint density at radius 2 is 1.75 bits per heavy atom. The predicted molar refractivity (Wildman–Crippen MR) is 115 cm³/mol. The fourth-order valence-electron chi connectivity index (χ4n) is 2.55. The molecule has 7 heteroatoms. The third-order valence-electron chi connectivity index (χ3n) is 3.84. The summed E-state index contributed by atoms with van der Waals surface area (Å²) in [6.07, 6.45) is 0. The molecule has 1 heterocycles. The van der Waals surface area contributed by atoms with E-state index in [1.807, 2.05) is 12.1 Å². The molecule has 3 N–H and O–H groups in total. The molecule has 0 saturated carbocycles. The number of rotatable bonds is 4. The first kappa shape index (κ1) is 21.3. The summed E-state index contributed by atoms with van der Waals surface area (Å²) < 4.78 is 0. The molecule has 0 spiro atoms. The number of anilines is 1. The van der Waals surface area contributed by atoms with Gasteiger partial charge in [-0.15, -0.1) is 24.0 Å². The normalized spacial score (nSPS) is 16.1. The summed E-state index contributed by atoms with van der Waals surface area (Å²) in [5.74, 6) is 0.650. The van der Waals surface area contributed by atoms with Crippen molar-refractivity contribution in [1.29, 1.82) is 0 Å². The van der Waals surface area contributed by atoms with Gasteiger partial charge in [0.25, 0.3) is 0 Å². The predicted octanol–water partition coefficient (Wildman–Crippen LogP) is 2.78. The molecule has 0 bridgehead atoms. The molecule has 1 aromatic carbocycles. The molecular weight excluding hydrogens is 437 g/mol. The Labute approximate surface area is 167 Å². The van der Waals surface area contributed by atoms with Gasteiger partial charge in [0.1, 0.15) is 0 Å². The van der Waals surface area contributed by atoms with E-state index in [4.69, 9.17) is 17.3 Å². The average Bonchev–Trinajstić information content (AvgIpc) is 2.51. The molecule has 1 aromatic rings. The summed E-state index contributed by atoms with van der Waals surface area (Å²) in [6.45, 7) is 11.7. The second kappa shape index (κ2) is 9.68. The maximum atomic E-state index is 6.11. The maximum absolute atomic E-state index is 6.11. The minimum Gasteiger partial charge on any atom is -0.370 e. The van der Waals surface area contributed by atoms with Crippen molar-refractivity contribution in [3.05, 3.63) is 29.3 Å². The Balaban J connectivity index is 0.00000288. The van der Waals surface area contributed by atoms with E-state index in [0.717, 1.165) is 37.7 Å². The highest BCUT2D eigenvalue weighted by Gasteiger charge is 2.18. The highest BCUT2D eigenvalue weighted by molar-refractivity contribution is 14.0. The molecule has 0 aliphatic carbocycles. The van der Waals surface area contributed by atoms with Crippen molar-refractivity contribution in [3.63, 3.8) is 0 Å². The van der Waals surface area contributed by atoms with Gasteiger partial charge in [-0.25, -0.2) is 0 Å². The van der Waals surface area contributed by atoms with Crippen LogP contribution in [0.3, 0.4) is 0 Å². The van der Waals surface area contributed by atoms with Crippen LogP contribution in [0.5, 0.6) is 0 Å². The highest BCUT2D eigenvalue weighted by atomic mass is 127. The van der Waals surface area contributed by atoms with E-state index in [-0.39, 0.29) is 29.5 Å². The summed E-state index contributed by atoms with van der Waals surface area (Å²) in [7, 11) is 0.